The summed E-state index contributed by atoms with van der Waals surface area (Å²) in [5.74, 6) is -1.56. The Kier molecular flexibility index (Phi) is 4.27. The summed E-state index contributed by atoms with van der Waals surface area (Å²) in [7, 11) is 0. The van der Waals surface area contributed by atoms with Crippen LogP contribution in [-0.4, -0.2) is 17.0 Å². The van der Waals surface area contributed by atoms with E-state index < -0.39 is 11.9 Å². The molecule has 2 rings (SSSR count). The van der Waals surface area contributed by atoms with Crippen molar-refractivity contribution in [2.45, 2.75) is 0 Å². The molecule has 6 heteroatoms. The van der Waals surface area contributed by atoms with E-state index >= 15 is 0 Å². The number of nitrogens with one attached hydrogen (secondary N) is 1. The number of amides is 1. The summed E-state index contributed by atoms with van der Waals surface area (Å²) >= 11 is 11.8. The van der Waals surface area contributed by atoms with E-state index in [-0.39, 0.29) is 16.1 Å². The van der Waals surface area contributed by atoms with Gasteiger partial charge in [-0.1, -0.05) is 35.3 Å². The summed E-state index contributed by atoms with van der Waals surface area (Å²) in [4.78, 5) is 22.9. The number of halogens is 2. The highest BCUT2D eigenvalue weighted by atomic mass is 35.5. The zero-order chi connectivity index (χ0) is 14.7. The molecule has 0 heterocycles. The minimum atomic E-state index is -1.10. The number of rotatable bonds is 3. The number of hydrogen-bond donors (Lipinski definition) is 2. The molecule has 0 radical (unpaired) electrons. The summed E-state index contributed by atoms with van der Waals surface area (Å²) in [6.45, 7) is 0. The van der Waals surface area contributed by atoms with Gasteiger partial charge in [0.25, 0.3) is 5.91 Å². The molecule has 0 saturated carbocycles. The fraction of sp³-hybridized carbons (Fsp3) is 0. The van der Waals surface area contributed by atoms with Crippen molar-refractivity contribution < 1.29 is 14.7 Å². The summed E-state index contributed by atoms with van der Waals surface area (Å²) in [5, 5.41) is 12.0. The van der Waals surface area contributed by atoms with Crippen molar-refractivity contribution in [2.24, 2.45) is 0 Å². The van der Waals surface area contributed by atoms with Crippen molar-refractivity contribution in [2.75, 3.05) is 5.32 Å². The van der Waals surface area contributed by atoms with Gasteiger partial charge in [-0.3, -0.25) is 4.79 Å². The Hall–Kier alpha value is -2.04. The third-order valence-corrected chi connectivity index (χ3v) is 3.39. The van der Waals surface area contributed by atoms with Gasteiger partial charge in [0, 0.05) is 5.56 Å². The van der Waals surface area contributed by atoms with Crippen LogP contribution in [0.4, 0.5) is 5.69 Å². The molecule has 2 N–H and O–H groups in total. The number of benzene rings is 2. The van der Waals surface area contributed by atoms with Crippen molar-refractivity contribution >= 4 is 40.8 Å². The Morgan fingerprint density at radius 1 is 1.00 bits per heavy atom. The maximum absolute atomic E-state index is 12.0. The third kappa shape index (κ3) is 3.10. The van der Waals surface area contributed by atoms with E-state index in [0.29, 0.717) is 10.7 Å². The van der Waals surface area contributed by atoms with Gasteiger partial charge in [-0.05, 0) is 30.3 Å². The van der Waals surface area contributed by atoms with Crippen LogP contribution in [0.5, 0.6) is 0 Å². The van der Waals surface area contributed by atoms with E-state index in [4.69, 9.17) is 28.3 Å². The Morgan fingerprint density at radius 3 is 2.35 bits per heavy atom. The van der Waals surface area contributed by atoms with Gasteiger partial charge in [0.15, 0.2) is 0 Å². The largest absolute Gasteiger partial charge is 0.478 e. The Bertz CT molecular complexity index is 686. The van der Waals surface area contributed by atoms with Gasteiger partial charge in [-0.2, -0.15) is 0 Å². The lowest BCUT2D eigenvalue weighted by Crippen LogP contribution is -2.13. The molecule has 0 aliphatic heterocycles. The predicted octanol–water partition coefficient (Wildman–Crippen LogP) is 3.94. The van der Waals surface area contributed by atoms with Gasteiger partial charge in [-0.15, -0.1) is 0 Å². The molecule has 0 bridgehead atoms. The first kappa shape index (κ1) is 14.4. The highest BCUT2D eigenvalue weighted by Crippen LogP contribution is 2.29. The number of hydrogen-bond acceptors (Lipinski definition) is 2. The van der Waals surface area contributed by atoms with E-state index in [1.807, 2.05) is 0 Å². The van der Waals surface area contributed by atoms with E-state index in [0.717, 1.165) is 0 Å². The maximum atomic E-state index is 12.0. The smallest absolute Gasteiger partial charge is 0.335 e. The average molecular weight is 310 g/mol. The first-order valence-electron chi connectivity index (χ1n) is 5.58. The zero-order valence-electron chi connectivity index (χ0n) is 10.1. The van der Waals surface area contributed by atoms with E-state index in [1.54, 1.807) is 18.2 Å². The molecule has 102 valence electrons. The minimum absolute atomic E-state index is 0.0369. The second-order valence-electron chi connectivity index (χ2n) is 3.94. The van der Waals surface area contributed by atoms with Crippen molar-refractivity contribution in [1.82, 2.24) is 0 Å². The second kappa shape index (κ2) is 5.94. The summed E-state index contributed by atoms with van der Waals surface area (Å²) in [5.41, 5.74) is 0.626. The monoisotopic (exact) mass is 309 g/mol. The lowest BCUT2D eigenvalue weighted by Gasteiger charge is -2.08. The summed E-state index contributed by atoms with van der Waals surface area (Å²) < 4.78 is 0. The summed E-state index contributed by atoms with van der Waals surface area (Å²) in [6.07, 6.45) is 0. The molecule has 0 unspecified atom stereocenters. The highest BCUT2D eigenvalue weighted by molar-refractivity contribution is 6.44. The molecule has 0 atom stereocenters. The normalized spacial score (nSPS) is 10.1. The van der Waals surface area contributed by atoms with Gasteiger partial charge >= 0.3 is 5.97 Å². The van der Waals surface area contributed by atoms with Crippen LogP contribution in [0.3, 0.4) is 0 Å². The van der Waals surface area contributed by atoms with Gasteiger partial charge in [0.05, 0.1) is 21.3 Å². The number of carbonyl (C=O) groups excluding carboxylic acids is 1. The molecular weight excluding hydrogens is 301 g/mol. The molecule has 2 aromatic rings. The third-order valence-electron chi connectivity index (χ3n) is 2.57. The van der Waals surface area contributed by atoms with Gasteiger partial charge in [0.1, 0.15) is 0 Å². The van der Waals surface area contributed by atoms with Crippen LogP contribution >= 0.6 is 23.2 Å². The van der Waals surface area contributed by atoms with Crippen molar-refractivity contribution in [3.8, 4) is 0 Å². The first-order valence-corrected chi connectivity index (χ1v) is 6.33. The number of anilines is 1. The topological polar surface area (TPSA) is 66.4 Å². The van der Waals surface area contributed by atoms with Crippen LogP contribution in [0, 0.1) is 0 Å². The molecule has 4 nitrogen and oxygen atoms in total. The van der Waals surface area contributed by atoms with Crippen molar-refractivity contribution in [1.29, 1.82) is 0 Å². The Morgan fingerprint density at radius 2 is 1.65 bits per heavy atom. The molecule has 0 aliphatic carbocycles. The zero-order valence-corrected chi connectivity index (χ0v) is 11.6. The van der Waals surface area contributed by atoms with Crippen molar-refractivity contribution in [3.63, 3.8) is 0 Å². The van der Waals surface area contributed by atoms with Crippen LogP contribution < -0.4 is 5.32 Å². The molecule has 0 aliphatic rings. The van der Waals surface area contributed by atoms with Crippen LogP contribution in [0.1, 0.15) is 20.7 Å². The minimum Gasteiger partial charge on any atom is -0.478 e. The Balaban J connectivity index is 2.26. The van der Waals surface area contributed by atoms with E-state index in [9.17, 15) is 9.59 Å². The first-order chi connectivity index (χ1) is 9.49. The quantitative estimate of drug-likeness (QED) is 0.902. The van der Waals surface area contributed by atoms with E-state index in [2.05, 4.69) is 5.32 Å². The van der Waals surface area contributed by atoms with Gasteiger partial charge < -0.3 is 10.4 Å². The van der Waals surface area contributed by atoms with Crippen LogP contribution in [-0.2, 0) is 0 Å². The lowest BCUT2D eigenvalue weighted by atomic mass is 10.1. The number of carbonyl (C=O) groups is 2. The lowest BCUT2D eigenvalue weighted by molar-refractivity contribution is 0.0697. The molecule has 20 heavy (non-hydrogen) atoms. The van der Waals surface area contributed by atoms with E-state index in [1.165, 1.54) is 24.3 Å². The molecule has 1 amide bonds. The van der Waals surface area contributed by atoms with Crippen LogP contribution in [0.2, 0.25) is 10.0 Å². The van der Waals surface area contributed by atoms with Gasteiger partial charge in [0.2, 0.25) is 0 Å². The molecular formula is C14H9Cl2NO3. The van der Waals surface area contributed by atoms with Crippen LogP contribution in [0.15, 0.2) is 42.5 Å². The fourth-order valence-electron chi connectivity index (χ4n) is 1.59. The highest BCUT2D eigenvalue weighted by Gasteiger charge is 2.12. The number of aromatic carboxylic acids is 1. The Labute approximate surface area is 124 Å². The number of carboxylic acid groups (broad SMARTS) is 1. The predicted molar refractivity (Wildman–Crippen MR) is 77.8 cm³/mol. The molecule has 0 spiro atoms. The SMILES string of the molecule is O=C(O)c1cccc(C(=O)Nc2cccc(Cl)c2Cl)c1. The average Bonchev–Trinajstić information content (AvgIpc) is 2.44. The second-order valence-corrected chi connectivity index (χ2v) is 4.73. The van der Waals surface area contributed by atoms with Gasteiger partial charge in [-0.25, -0.2) is 4.79 Å². The van der Waals surface area contributed by atoms with Crippen LogP contribution in [0.25, 0.3) is 0 Å². The number of carboxylic acids is 1. The molecule has 0 fully saturated rings. The maximum Gasteiger partial charge on any atom is 0.335 e. The standard InChI is InChI=1S/C14H9Cl2NO3/c15-10-5-2-6-11(12(10)16)17-13(18)8-3-1-4-9(7-8)14(19)20/h1-7H,(H,17,18)(H,19,20). The molecule has 0 aromatic heterocycles. The fourth-order valence-corrected chi connectivity index (χ4v) is 1.94. The molecule has 0 saturated heterocycles. The molecule has 2 aromatic carbocycles. The van der Waals surface area contributed by atoms with Crippen molar-refractivity contribution in [3.05, 3.63) is 63.6 Å². The summed E-state index contributed by atoms with van der Waals surface area (Å²) in [6, 6.07) is 10.6.